The van der Waals surface area contributed by atoms with E-state index in [0.717, 1.165) is 34.3 Å². The molecule has 24 heavy (non-hydrogen) atoms. The Balaban J connectivity index is 1.65. The Kier molecular flexibility index (Phi) is 4.33. The summed E-state index contributed by atoms with van der Waals surface area (Å²) in [5.41, 5.74) is 2.02. The van der Waals surface area contributed by atoms with Gasteiger partial charge in [0.1, 0.15) is 0 Å². The van der Waals surface area contributed by atoms with E-state index in [1.54, 1.807) is 11.8 Å². The maximum atomic E-state index is 13.2. The van der Waals surface area contributed by atoms with Gasteiger partial charge in [0, 0.05) is 16.3 Å². The molecule has 4 heteroatoms. The summed E-state index contributed by atoms with van der Waals surface area (Å²) in [6, 6.07) is 16.4. The molecule has 0 aliphatic carbocycles. The summed E-state index contributed by atoms with van der Waals surface area (Å²) < 4.78 is 0. The molecule has 2 aliphatic rings. The van der Waals surface area contributed by atoms with Gasteiger partial charge in [0.05, 0.1) is 17.9 Å². The number of benzene rings is 2. The Morgan fingerprint density at radius 3 is 2.33 bits per heavy atom. The van der Waals surface area contributed by atoms with Crippen LogP contribution < -0.4 is 4.90 Å². The standard InChI is InChI=1S/C20H22N2OS/c1-15-7-6-12-21(13-15)14-20(23)22-16-8-2-4-10-18(16)24-19-11-5-3-9-17(19)22/h2-5,8-11,15H,6-7,12-14H2,1H3/t15-/m1/s1. The molecular formula is C20H22N2OS. The lowest BCUT2D eigenvalue weighted by atomic mass is 10.0. The van der Waals surface area contributed by atoms with Gasteiger partial charge >= 0.3 is 0 Å². The molecular weight excluding hydrogens is 316 g/mol. The van der Waals surface area contributed by atoms with E-state index in [1.807, 2.05) is 29.2 Å². The van der Waals surface area contributed by atoms with E-state index in [2.05, 4.69) is 36.1 Å². The lowest BCUT2D eigenvalue weighted by Crippen LogP contribution is -2.43. The van der Waals surface area contributed by atoms with Gasteiger partial charge in [0.15, 0.2) is 0 Å². The zero-order valence-corrected chi connectivity index (χ0v) is 14.8. The van der Waals surface area contributed by atoms with Gasteiger partial charge in [-0.15, -0.1) is 0 Å². The van der Waals surface area contributed by atoms with Crippen molar-refractivity contribution in [2.75, 3.05) is 24.5 Å². The fraction of sp³-hybridized carbons (Fsp3) is 0.350. The Morgan fingerprint density at radius 2 is 1.71 bits per heavy atom. The van der Waals surface area contributed by atoms with Crippen LogP contribution in [-0.4, -0.2) is 30.4 Å². The van der Waals surface area contributed by atoms with Crippen LogP contribution in [0.3, 0.4) is 0 Å². The number of hydrogen-bond donors (Lipinski definition) is 0. The van der Waals surface area contributed by atoms with Gasteiger partial charge in [-0.3, -0.25) is 14.6 Å². The first-order valence-corrected chi connectivity index (χ1v) is 9.45. The summed E-state index contributed by atoms with van der Waals surface area (Å²) >= 11 is 1.74. The molecule has 1 fully saturated rings. The second-order valence-electron chi connectivity index (χ2n) is 6.75. The second kappa shape index (κ2) is 6.61. The van der Waals surface area contributed by atoms with Gasteiger partial charge in [0.25, 0.3) is 0 Å². The zero-order valence-electron chi connectivity index (χ0n) is 13.9. The van der Waals surface area contributed by atoms with Gasteiger partial charge < -0.3 is 0 Å². The lowest BCUT2D eigenvalue weighted by Gasteiger charge is -2.35. The van der Waals surface area contributed by atoms with E-state index in [4.69, 9.17) is 0 Å². The third kappa shape index (κ3) is 2.96. The summed E-state index contributed by atoms with van der Waals surface area (Å²) in [7, 11) is 0. The molecule has 0 bridgehead atoms. The van der Waals surface area contributed by atoms with Crippen LogP contribution in [0.25, 0.3) is 0 Å². The van der Waals surface area contributed by atoms with Crippen molar-refractivity contribution >= 4 is 29.0 Å². The van der Waals surface area contributed by atoms with E-state index in [9.17, 15) is 4.79 Å². The average molecular weight is 338 g/mol. The number of carbonyl (C=O) groups excluding carboxylic acids is 1. The fourth-order valence-electron chi connectivity index (χ4n) is 3.67. The van der Waals surface area contributed by atoms with Crippen LogP contribution in [0.2, 0.25) is 0 Å². The molecule has 0 aromatic heterocycles. The lowest BCUT2D eigenvalue weighted by molar-refractivity contribution is -0.119. The first kappa shape index (κ1) is 15.7. The molecule has 0 radical (unpaired) electrons. The van der Waals surface area contributed by atoms with Gasteiger partial charge in [-0.2, -0.15) is 0 Å². The minimum absolute atomic E-state index is 0.171. The van der Waals surface area contributed by atoms with Crippen LogP contribution in [0.15, 0.2) is 58.3 Å². The molecule has 2 aromatic rings. The minimum atomic E-state index is 0.171. The van der Waals surface area contributed by atoms with Crippen molar-refractivity contribution in [1.82, 2.24) is 4.90 Å². The van der Waals surface area contributed by atoms with Gasteiger partial charge in [-0.25, -0.2) is 0 Å². The Hall–Kier alpha value is -1.78. The smallest absolute Gasteiger partial charge is 0.245 e. The number of nitrogens with zero attached hydrogens (tertiary/aromatic N) is 2. The average Bonchev–Trinajstić information content (AvgIpc) is 2.59. The number of rotatable bonds is 2. The number of piperidine rings is 1. The van der Waals surface area contributed by atoms with Crippen molar-refractivity contribution in [1.29, 1.82) is 0 Å². The van der Waals surface area contributed by atoms with Crippen LogP contribution in [0.5, 0.6) is 0 Å². The number of hydrogen-bond acceptors (Lipinski definition) is 3. The predicted molar refractivity (Wildman–Crippen MR) is 99.0 cm³/mol. The Morgan fingerprint density at radius 1 is 1.08 bits per heavy atom. The molecule has 1 saturated heterocycles. The molecule has 2 heterocycles. The van der Waals surface area contributed by atoms with Crippen molar-refractivity contribution in [3.63, 3.8) is 0 Å². The predicted octanol–water partition coefficient (Wildman–Crippen LogP) is 4.55. The van der Waals surface area contributed by atoms with E-state index in [-0.39, 0.29) is 5.91 Å². The fourth-order valence-corrected chi connectivity index (χ4v) is 4.72. The Bertz CT molecular complexity index is 715. The summed E-state index contributed by atoms with van der Waals surface area (Å²) in [6.45, 7) is 4.83. The highest BCUT2D eigenvalue weighted by atomic mass is 32.2. The van der Waals surface area contributed by atoms with E-state index in [0.29, 0.717) is 12.5 Å². The van der Waals surface area contributed by atoms with Crippen LogP contribution in [-0.2, 0) is 4.79 Å². The summed E-state index contributed by atoms with van der Waals surface area (Å²) in [4.78, 5) is 19.7. The molecule has 1 atom stereocenters. The van der Waals surface area contributed by atoms with Crippen LogP contribution >= 0.6 is 11.8 Å². The van der Waals surface area contributed by atoms with Crippen molar-refractivity contribution in [2.45, 2.75) is 29.6 Å². The van der Waals surface area contributed by atoms with Crippen molar-refractivity contribution in [3.05, 3.63) is 48.5 Å². The van der Waals surface area contributed by atoms with Crippen LogP contribution in [0.1, 0.15) is 19.8 Å². The van der Waals surface area contributed by atoms with Crippen LogP contribution in [0.4, 0.5) is 11.4 Å². The van der Waals surface area contributed by atoms with Crippen molar-refractivity contribution in [2.24, 2.45) is 5.92 Å². The van der Waals surface area contributed by atoms with E-state index >= 15 is 0 Å². The molecule has 0 saturated carbocycles. The number of carbonyl (C=O) groups is 1. The summed E-state index contributed by atoms with van der Waals surface area (Å²) in [6.07, 6.45) is 2.47. The molecule has 0 spiro atoms. The maximum absolute atomic E-state index is 13.2. The molecule has 3 nitrogen and oxygen atoms in total. The quantitative estimate of drug-likeness (QED) is 0.803. The highest BCUT2D eigenvalue weighted by molar-refractivity contribution is 7.99. The van der Waals surface area contributed by atoms with Gasteiger partial charge in [-0.1, -0.05) is 43.0 Å². The molecule has 0 N–H and O–H groups in total. The summed E-state index contributed by atoms with van der Waals surface area (Å²) in [5.74, 6) is 0.854. The third-order valence-corrected chi connectivity index (χ3v) is 5.91. The van der Waals surface area contributed by atoms with Gasteiger partial charge in [-0.05, 0) is 49.6 Å². The van der Waals surface area contributed by atoms with Gasteiger partial charge in [0.2, 0.25) is 5.91 Å². The highest BCUT2D eigenvalue weighted by Gasteiger charge is 2.29. The summed E-state index contributed by atoms with van der Waals surface area (Å²) in [5, 5.41) is 0. The number of anilines is 2. The molecule has 1 amide bonds. The maximum Gasteiger partial charge on any atom is 0.245 e. The molecule has 4 rings (SSSR count). The molecule has 0 unspecified atom stereocenters. The monoisotopic (exact) mass is 338 g/mol. The van der Waals surface area contributed by atoms with E-state index in [1.165, 1.54) is 12.8 Å². The van der Waals surface area contributed by atoms with Crippen molar-refractivity contribution in [3.8, 4) is 0 Å². The molecule has 2 aromatic carbocycles. The van der Waals surface area contributed by atoms with Crippen molar-refractivity contribution < 1.29 is 4.79 Å². The largest absolute Gasteiger partial charge is 0.294 e. The first-order chi connectivity index (χ1) is 11.7. The minimum Gasteiger partial charge on any atom is -0.294 e. The van der Waals surface area contributed by atoms with E-state index < -0.39 is 0 Å². The molecule has 124 valence electrons. The normalized spacial score (nSPS) is 20.4. The first-order valence-electron chi connectivity index (χ1n) is 8.63. The molecule has 2 aliphatic heterocycles. The third-order valence-electron chi connectivity index (χ3n) is 4.78. The topological polar surface area (TPSA) is 23.6 Å². The number of amides is 1. The zero-order chi connectivity index (χ0) is 16.5. The van der Waals surface area contributed by atoms with Crippen LogP contribution in [0, 0.1) is 5.92 Å². The second-order valence-corrected chi connectivity index (χ2v) is 7.83. The SMILES string of the molecule is C[C@@H]1CCCN(CC(=O)N2c3ccccc3Sc3ccccc32)C1. The Labute approximate surface area is 147 Å². The number of likely N-dealkylation sites (tertiary alicyclic amines) is 1. The number of para-hydroxylation sites is 2. The highest BCUT2D eigenvalue weighted by Crippen LogP contribution is 2.47. The number of fused-ring (bicyclic) bond motifs is 2.